The number of nitrogens with zero attached hydrogens (tertiary/aromatic N) is 1. The lowest BCUT2D eigenvalue weighted by molar-refractivity contribution is -0.140. The van der Waals surface area contributed by atoms with Crippen molar-refractivity contribution in [3.05, 3.63) is 34.2 Å². The zero-order valence-electron chi connectivity index (χ0n) is 11.4. The molecule has 3 rings (SSSR count). The lowest BCUT2D eigenvalue weighted by Gasteiger charge is -2.34. The second-order valence-electron chi connectivity index (χ2n) is 5.13. The van der Waals surface area contributed by atoms with Crippen molar-refractivity contribution in [2.75, 3.05) is 19.8 Å². The molecule has 0 spiro atoms. The van der Waals surface area contributed by atoms with Gasteiger partial charge >= 0.3 is 5.97 Å². The zero-order chi connectivity index (χ0) is 14.8. The van der Waals surface area contributed by atoms with Gasteiger partial charge in [-0.25, -0.2) is 0 Å². The lowest BCUT2D eigenvalue weighted by Crippen LogP contribution is -2.45. The number of carboxylic acids is 1. The summed E-state index contributed by atoms with van der Waals surface area (Å²) in [5.74, 6) is -0.794. The summed E-state index contributed by atoms with van der Waals surface area (Å²) in [7, 11) is 0. The predicted octanol–water partition coefficient (Wildman–Crippen LogP) is 3.23. The van der Waals surface area contributed by atoms with Gasteiger partial charge in [0.25, 0.3) is 0 Å². The van der Waals surface area contributed by atoms with Gasteiger partial charge in [-0.3, -0.25) is 9.69 Å². The fourth-order valence-electron chi connectivity index (χ4n) is 2.64. The summed E-state index contributed by atoms with van der Waals surface area (Å²) in [6.45, 7) is 2.52. The van der Waals surface area contributed by atoms with Gasteiger partial charge in [-0.1, -0.05) is 29.8 Å². The van der Waals surface area contributed by atoms with Crippen LogP contribution in [0.4, 0.5) is 0 Å². The average molecular weight is 326 g/mol. The number of fused-ring (bicyclic) bond motifs is 1. The maximum atomic E-state index is 11.0. The molecule has 2 heterocycles. The molecular formula is C15H16ClNO3S. The molecule has 6 heteroatoms. The number of rotatable bonds is 4. The van der Waals surface area contributed by atoms with E-state index in [-0.39, 0.29) is 12.5 Å². The largest absolute Gasteiger partial charge is 0.481 e. The second-order valence-corrected chi connectivity index (χ2v) is 6.65. The molecule has 4 nitrogen and oxygen atoms in total. The number of aliphatic carboxylic acids is 1. The molecule has 0 radical (unpaired) electrons. The van der Waals surface area contributed by atoms with E-state index in [4.69, 9.17) is 21.4 Å². The third kappa shape index (κ3) is 3.21. The quantitative estimate of drug-likeness (QED) is 0.937. The Morgan fingerprint density at radius 1 is 1.48 bits per heavy atom. The van der Waals surface area contributed by atoms with Gasteiger partial charge in [0.05, 0.1) is 24.7 Å². The van der Waals surface area contributed by atoms with Crippen LogP contribution in [0, 0.1) is 0 Å². The van der Waals surface area contributed by atoms with E-state index in [9.17, 15) is 4.79 Å². The SMILES string of the molecule is O=C(O)CC1COCCN1Cc1sc2ccccc2c1Cl. The minimum atomic E-state index is -0.794. The summed E-state index contributed by atoms with van der Waals surface area (Å²) in [6, 6.07) is 7.97. The third-order valence-electron chi connectivity index (χ3n) is 3.71. The van der Waals surface area contributed by atoms with Crippen molar-refractivity contribution in [1.82, 2.24) is 4.90 Å². The molecule has 0 saturated carbocycles. The van der Waals surface area contributed by atoms with Crippen LogP contribution in [-0.4, -0.2) is 41.8 Å². The number of carboxylic acid groups (broad SMARTS) is 1. The number of carbonyl (C=O) groups is 1. The molecule has 1 atom stereocenters. The van der Waals surface area contributed by atoms with E-state index in [1.54, 1.807) is 11.3 Å². The van der Waals surface area contributed by atoms with Crippen LogP contribution in [0.3, 0.4) is 0 Å². The number of thiophene rings is 1. The number of ether oxygens (including phenoxy) is 1. The molecule has 1 aromatic carbocycles. The topological polar surface area (TPSA) is 49.8 Å². The Bertz CT molecular complexity index is 657. The van der Waals surface area contributed by atoms with Gasteiger partial charge in [-0.2, -0.15) is 0 Å². The number of hydrogen-bond donors (Lipinski definition) is 1. The summed E-state index contributed by atoms with van der Waals surface area (Å²) in [6.07, 6.45) is 0.0997. The third-order valence-corrected chi connectivity index (χ3v) is 5.41. The minimum absolute atomic E-state index is 0.0856. The molecule has 1 aliphatic rings. The van der Waals surface area contributed by atoms with Crippen molar-refractivity contribution in [3.8, 4) is 0 Å². The van der Waals surface area contributed by atoms with Crippen molar-refractivity contribution in [2.24, 2.45) is 0 Å². The lowest BCUT2D eigenvalue weighted by atomic mass is 10.1. The van der Waals surface area contributed by atoms with Crippen LogP contribution in [-0.2, 0) is 16.1 Å². The fourth-order valence-corrected chi connectivity index (χ4v) is 4.16. The Hall–Kier alpha value is -1.14. The van der Waals surface area contributed by atoms with Gasteiger partial charge in [0.15, 0.2) is 0 Å². The van der Waals surface area contributed by atoms with Crippen molar-refractivity contribution < 1.29 is 14.6 Å². The van der Waals surface area contributed by atoms with Gasteiger partial charge in [0.2, 0.25) is 0 Å². The molecule has 0 bridgehead atoms. The van der Waals surface area contributed by atoms with E-state index in [0.717, 1.165) is 21.8 Å². The minimum Gasteiger partial charge on any atom is -0.481 e. The molecule has 21 heavy (non-hydrogen) atoms. The van der Waals surface area contributed by atoms with E-state index in [1.807, 2.05) is 18.2 Å². The van der Waals surface area contributed by atoms with Crippen molar-refractivity contribution in [2.45, 2.75) is 19.0 Å². The number of morpholine rings is 1. The Morgan fingerprint density at radius 3 is 3.05 bits per heavy atom. The van der Waals surface area contributed by atoms with E-state index >= 15 is 0 Å². The van der Waals surface area contributed by atoms with Crippen LogP contribution in [0.25, 0.3) is 10.1 Å². The molecule has 1 aromatic heterocycles. The molecule has 1 fully saturated rings. The first-order valence-electron chi connectivity index (χ1n) is 6.84. The Balaban J connectivity index is 1.82. The summed E-state index contributed by atoms with van der Waals surface area (Å²) >= 11 is 8.14. The normalized spacial score (nSPS) is 20.0. The van der Waals surface area contributed by atoms with Gasteiger partial charge in [-0.15, -0.1) is 11.3 Å². The molecule has 1 unspecified atom stereocenters. The van der Waals surface area contributed by atoms with Gasteiger partial charge in [0.1, 0.15) is 0 Å². The van der Waals surface area contributed by atoms with Gasteiger partial charge in [0, 0.05) is 34.1 Å². The van der Waals surface area contributed by atoms with Crippen LogP contribution in [0.1, 0.15) is 11.3 Å². The second kappa shape index (κ2) is 6.32. The molecule has 0 aliphatic carbocycles. The molecule has 1 N–H and O–H groups in total. The van der Waals surface area contributed by atoms with Gasteiger partial charge in [-0.05, 0) is 6.07 Å². The van der Waals surface area contributed by atoms with Crippen molar-refractivity contribution in [3.63, 3.8) is 0 Å². The number of hydrogen-bond acceptors (Lipinski definition) is 4. The van der Waals surface area contributed by atoms with E-state index < -0.39 is 5.97 Å². The Morgan fingerprint density at radius 2 is 2.29 bits per heavy atom. The molecule has 1 saturated heterocycles. The summed E-state index contributed by atoms with van der Waals surface area (Å²) < 4.78 is 6.57. The standard InChI is InChI=1S/C15H16ClNO3S/c16-15-11-3-1-2-4-12(11)21-13(15)8-17-5-6-20-9-10(17)7-14(18)19/h1-4,10H,5-9H2,(H,18,19). The molecule has 2 aromatic rings. The van der Waals surface area contributed by atoms with E-state index in [2.05, 4.69) is 11.0 Å². The van der Waals surface area contributed by atoms with Gasteiger partial charge < -0.3 is 9.84 Å². The summed E-state index contributed by atoms with van der Waals surface area (Å²) in [5.41, 5.74) is 0. The van der Waals surface area contributed by atoms with Crippen LogP contribution >= 0.6 is 22.9 Å². The van der Waals surface area contributed by atoms with E-state index in [0.29, 0.717) is 19.8 Å². The number of benzene rings is 1. The molecular weight excluding hydrogens is 310 g/mol. The van der Waals surface area contributed by atoms with Crippen LogP contribution in [0.15, 0.2) is 24.3 Å². The highest BCUT2D eigenvalue weighted by molar-refractivity contribution is 7.19. The summed E-state index contributed by atoms with van der Waals surface area (Å²) in [4.78, 5) is 14.2. The fraction of sp³-hybridized carbons (Fsp3) is 0.400. The zero-order valence-corrected chi connectivity index (χ0v) is 13.0. The first-order chi connectivity index (χ1) is 10.1. The average Bonchev–Trinajstić information content (AvgIpc) is 2.78. The maximum Gasteiger partial charge on any atom is 0.305 e. The Labute approximate surface area is 131 Å². The smallest absolute Gasteiger partial charge is 0.305 e. The first kappa shape index (κ1) is 14.8. The number of halogens is 1. The van der Waals surface area contributed by atoms with Crippen LogP contribution < -0.4 is 0 Å². The highest BCUT2D eigenvalue weighted by Gasteiger charge is 2.26. The van der Waals surface area contributed by atoms with Crippen LogP contribution in [0.2, 0.25) is 5.02 Å². The monoisotopic (exact) mass is 325 g/mol. The molecule has 1 aliphatic heterocycles. The van der Waals surface area contributed by atoms with E-state index in [1.165, 1.54) is 4.70 Å². The summed E-state index contributed by atoms with van der Waals surface area (Å²) in [5, 5.41) is 10.9. The molecule has 0 amide bonds. The van der Waals surface area contributed by atoms with Crippen LogP contribution in [0.5, 0.6) is 0 Å². The molecule has 112 valence electrons. The predicted molar refractivity (Wildman–Crippen MR) is 84.1 cm³/mol. The maximum absolute atomic E-state index is 11.0. The highest BCUT2D eigenvalue weighted by atomic mass is 35.5. The van der Waals surface area contributed by atoms with Crippen molar-refractivity contribution in [1.29, 1.82) is 0 Å². The Kier molecular flexibility index (Phi) is 4.45. The first-order valence-corrected chi connectivity index (χ1v) is 8.04. The van der Waals surface area contributed by atoms with Crippen molar-refractivity contribution >= 4 is 39.0 Å². The highest BCUT2D eigenvalue weighted by Crippen LogP contribution is 2.36.